The van der Waals surface area contributed by atoms with Gasteiger partial charge in [-0.05, 0) is 37.5 Å². The monoisotopic (exact) mass is 219 g/mol. The maximum Gasteiger partial charge on any atom is 0.101 e. The van der Waals surface area contributed by atoms with E-state index >= 15 is 0 Å². The molecule has 0 aliphatic rings. The van der Waals surface area contributed by atoms with Crippen LogP contribution in [0.1, 0.15) is 24.8 Å². The summed E-state index contributed by atoms with van der Waals surface area (Å²) in [6, 6.07) is 7.39. The summed E-state index contributed by atoms with van der Waals surface area (Å²) >= 11 is 0. The van der Waals surface area contributed by atoms with Crippen LogP contribution in [-0.2, 0) is 0 Å². The smallest absolute Gasteiger partial charge is 0.101 e. The van der Waals surface area contributed by atoms with Crippen LogP contribution in [0.15, 0.2) is 18.2 Å². The lowest BCUT2D eigenvalue weighted by Gasteiger charge is -2.07. The third-order valence-electron chi connectivity index (χ3n) is 2.34. The van der Waals surface area contributed by atoms with Gasteiger partial charge in [-0.3, -0.25) is 0 Å². The highest BCUT2D eigenvalue weighted by Gasteiger charge is 1.99. The topological polar surface area (TPSA) is 82.1 Å². The average molecular weight is 219 g/mol. The number of nitrogen functional groups attached to an aromatic ring is 1. The number of nitrogens with two attached hydrogens (primary N) is 1. The summed E-state index contributed by atoms with van der Waals surface area (Å²) in [5.41, 5.74) is 7.54. The van der Waals surface area contributed by atoms with Gasteiger partial charge in [0.05, 0.1) is 5.56 Å². The maximum atomic E-state index is 8.80. The number of anilines is 2. The first-order valence-corrected chi connectivity index (χ1v) is 5.42. The van der Waals surface area contributed by atoms with Crippen molar-refractivity contribution in [3.63, 3.8) is 0 Å². The van der Waals surface area contributed by atoms with Gasteiger partial charge in [-0.2, -0.15) is 5.26 Å². The number of benzene rings is 1. The molecule has 1 rings (SSSR count). The molecule has 1 aromatic carbocycles. The molecule has 0 saturated heterocycles. The molecular formula is C12H17N3O. The molecule has 0 bridgehead atoms. The molecule has 4 heteroatoms. The lowest BCUT2D eigenvalue weighted by Crippen LogP contribution is -2.02. The van der Waals surface area contributed by atoms with Crippen LogP contribution in [0.4, 0.5) is 11.4 Å². The number of aliphatic hydroxyl groups excluding tert-OH is 1. The van der Waals surface area contributed by atoms with E-state index in [0.717, 1.165) is 31.5 Å². The Balaban J connectivity index is 2.40. The van der Waals surface area contributed by atoms with Crippen molar-refractivity contribution in [3.05, 3.63) is 23.8 Å². The fraction of sp³-hybridized carbons (Fsp3) is 0.417. The van der Waals surface area contributed by atoms with Gasteiger partial charge in [0.2, 0.25) is 0 Å². The molecule has 0 aliphatic carbocycles. The van der Waals surface area contributed by atoms with Crippen LogP contribution >= 0.6 is 0 Å². The summed E-state index contributed by atoms with van der Waals surface area (Å²) < 4.78 is 0. The van der Waals surface area contributed by atoms with E-state index in [9.17, 15) is 0 Å². The standard InChI is InChI=1S/C12H17N3O/c13-9-10-8-11(4-5-12(10)14)15-6-2-1-3-7-16/h4-5,8,15-16H,1-3,6-7,14H2. The fourth-order valence-corrected chi connectivity index (χ4v) is 1.41. The van der Waals surface area contributed by atoms with E-state index in [1.807, 2.05) is 12.1 Å². The van der Waals surface area contributed by atoms with Crippen molar-refractivity contribution < 1.29 is 5.11 Å². The highest BCUT2D eigenvalue weighted by Crippen LogP contribution is 2.16. The van der Waals surface area contributed by atoms with Gasteiger partial charge < -0.3 is 16.2 Å². The van der Waals surface area contributed by atoms with Crippen LogP contribution < -0.4 is 11.1 Å². The van der Waals surface area contributed by atoms with Gasteiger partial charge in [0.25, 0.3) is 0 Å². The predicted molar refractivity (Wildman–Crippen MR) is 65.0 cm³/mol. The fourth-order valence-electron chi connectivity index (χ4n) is 1.41. The Morgan fingerprint density at radius 2 is 2.12 bits per heavy atom. The minimum absolute atomic E-state index is 0.250. The molecule has 0 heterocycles. The molecular weight excluding hydrogens is 202 g/mol. The quantitative estimate of drug-likeness (QED) is 0.502. The van der Waals surface area contributed by atoms with Crippen LogP contribution in [0.3, 0.4) is 0 Å². The van der Waals surface area contributed by atoms with Crippen LogP contribution in [0, 0.1) is 11.3 Å². The van der Waals surface area contributed by atoms with E-state index in [-0.39, 0.29) is 6.61 Å². The Morgan fingerprint density at radius 1 is 1.31 bits per heavy atom. The van der Waals surface area contributed by atoms with Crippen molar-refractivity contribution in [3.8, 4) is 6.07 Å². The van der Waals surface area contributed by atoms with Gasteiger partial charge in [0.1, 0.15) is 6.07 Å². The number of unbranched alkanes of at least 4 members (excludes halogenated alkanes) is 2. The first-order valence-electron chi connectivity index (χ1n) is 5.42. The van der Waals surface area contributed by atoms with Crippen molar-refractivity contribution in [1.82, 2.24) is 0 Å². The molecule has 1 aromatic rings. The molecule has 0 radical (unpaired) electrons. The molecule has 0 atom stereocenters. The Kier molecular flexibility index (Phi) is 5.17. The number of hydrogen-bond acceptors (Lipinski definition) is 4. The number of rotatable bonds is 6. The predicted octanol–water partition coefficient (Wildman–Crippen LogP) is 1.71. The largest absolute Gasteiger partial charge is 0.398 e. The van der Waals surface area contributed by atoms with Gasteiger partial charge in [-0.1, -0.05) is 0 Å². The van der Waals surface area contributed by atoms with Crippen LogP contribution in [0.2, 0.25) is 0 Å². The van der Waals surface area contributed by atoms with E-state index in [2.05, 4.69) is 5.32 Å². The Bertz CT molecular complexity index is 371. The van der Waals surface area contributed by atoms with Gasteiger partial charge in [-0.15, -0.1) is 0 Å². The zero-order valence-electron chi connectivity index (χ0n) is 9.24. The first-order chi connectivity index (χ1) is 7.77. The molecule has 0 saturated carbocycles. The molecule has 0 fully saturated rings. The minimum Gasteiger partial charge on any atom is -0.398 e. The molecule has 4 nitrogen and oxygen atoms in total. The highest BCUT2D eigenvalue weighted by molar-refractivity contribution is 5.61. The average Bonchev–Trinajstić information content (AvgIpc) is 2.31. The third-order valence-corrected chi connectivity index (χ3v) is 2.34. The highest BCUT2D eigenvalue weighted by atomic mass is 16.2. The van der Waals surface area contributed by atoms with Crippen LogP contribution in [-0.4, -0.2) is 18.3 Å². The Morgan fingerprint density at radius 3 is 2.81 bits per heavy atom. The SMILES string of the molecule is N#Cc1cc(NCCCCCO)ccc1N. The second kappa shape index (κ2) is 6.70. The molecule has 0 amide bonds. The van der Waals surface area contributed by atoms with Gasteiger partial charge >= 0.3 is 0 Å². The second-order valence-corrected chi connectivity index (χ2v) is 3.62. The summed E-state index contributed by atoms with van der Waals surface area (Å²) in [6.07, 6.45) is 2.85. The minimum atomic E-state index is 0.250. The summed E-state index contributed by atoms with van der Waals surface area (Å²) in [5.74, 6) is 0. The lowest BCUT2D eigenvalue weighted by molar-refractivity contribution is 0.283. The lowest BCUT2D eigenvalue weighted by atomic mass is 10.1. The van der Waals surface area contributed by atoms with E-state index < -0.39 is 0 Å². The van der Waals surface area contributed by atoms with Crippen molar-refractivity contribution in [2.75, 3.05) is 24.2 Å². The number of nitrogens with one attached hydrogen (secondary N) is 1. The number of hydrogen-bond donors (Lipinski definition) is 3. The van der Waals surface area contributed by atoms with Crippen molar-refractivity contribution in [1.29, 1.82) is 5.26 Å². The number of nitrogens with zero attached hydrogens (tertiary/aromatic N) is 1. The summed E-state index contributed by atoms with van der Waals surface area (Å²) in [7, 11) is 0. The van der Waals surface area contributed by atoms with E-state index in [0.29, 0.717) is 11.3 Å². The van der Waals surface area contributed by atoms with Crippen LogP contribution in [0.25, 0.3) is 0 Å². The summed E-state index contributed by atoms with van der Waals surface area (Å²) in [6.45, 7) is 1.09. The molecule has 4 N–H and O–H groups in total. The van der Waals surface area contributed by atoms with E-state index in [1.54, 1.807) is 12.1 Å². The molecule has 86 valence electrons. The number of aliphatic hydroxyl groups is 1. The summed E-state index contributed by atoms with van der Waals surface area (Å²) in [5, 5.41) is 20.6. The second-order valence-electron chi connectivity index (χ2n) is 3.62. The Labute approximate surface area is 95.7 Å². The molecule has 0 unspecified atom stereocenters. The molecule has 16 heavy (non-hydrogen) atoms. The van der Waals surface area contributed by atoms with E-state index in [1.165, 1.54) is 0 Å². The van der Waals surface area contributed by atoms with Gasteiger partial charge in [0, 0.05) is 24.5 Å². The third kappa shape index (κ3) is 3.79. The molecule has 0 aliphatic heterocycles. The van der Waals surface area contributed by atoms with Gasteiger partial charge in [-0.25, -0.2) is 0 Å². The zero-order valence-corrected chi connectivity index (χ0v) is 9.24. The van der Waals surface area contributed by atoms with Crippen molar-refractivity contribution in [2.45, 2.75) is 19.3 Å². The van der Waals surface area contributed by atoms with E-state index in [4.69, 9.17) is 16.1 Å². The van der Waals surface area contributed by atoms with Crippen molar-refractivity contribution in [2.24, 2.45) is 0 Å². The van der Waals surface area contributed by atoms with Crippen molar-refractivity contribution >= 4 is 11.4 Å². The first kappa shape index (κ1) is 12.3. The maximum absolute atomic E-state index is 8.80. The zero-order chi connectivity index (χ0) is 11.8. The molecule has 0 spiro atoms. The normalized spacial score (nSPS) is 9.75. The van der Waals surface area contributed by atoms with Gasteiger partial charge in [0.15, 0.2) is 0 Å². The van der Waals surface area contributed by atoms with Crippen LogP contribution in [0.5, 0.6) is 0 Å². The molecule has 0 aromatic heterocycles. The Hall–Kier alpha value is -1.73. The summed E-state index contributed by atoms with van der Waals surface area (Å²) in [4.78, 5) is 0. The number of nitriles is 1.